The summed E-state index contributed by atoms with van der Waals surface area (Å²) in [6.07, 6.45) is 9.92. The number of rotatable bonds is 10. The molecule has 1 saturated carbocycles. The van der Waals surface area contributed by atoms with Gasteiger partial charge in [-0.1, -0.05) is 12.8 Å². The average molecular weight is 418 g/mol. The molecule has 1 aliphatic heterocycles. The summed E-state index contributed by atoms with van der Waals surface area (Å²) in [7, 11) is 1.80. The monoisotopic (exact) mass is 417 g/mol. The average Bonchev–Trinajstić information content (AvgIpc) is 3.26. The number of hydrogen-bond acceptors (Lipinski definition) is 6. The van der Waals surface area contributed by atoms with Crippen LogP contribution >= 0.6 is 0 Å². The molecule has 0 atom stereocenters. The minimum atomic E-state index is 0.328. The van der Waals surface area contributed by atoms with Crippen LogP contribution in [-0.2, 0) is 4.74 Å². The van der Waals surface area contributed by atoms with Gasteiger partial charge in [-0.2, -0.15) is 0 Å². The van der Waals surface area contributed by atoms with Crippen molar-refractivity contribution in [3.05, 3.63) is 18.5 Å². The van der Waals surface area contributed by atoms with E-state index in [1.165, 1.54) is 25.7 Å². The Morgan fingerprint density at radius 3 is 2.53 bits per heavy atom. The molecule has 2 aliphatic rings. The molecule has 2 N–H and O–H groups in total. The number of aliphatic imine (C=N–C) groups is 1. The lowest BCUT2D eigenvalue weighted by Crippen LogP contribution is -2.49. The molecule has 1 aromatic heterocycles. The lowest BCUT2D eigenvalue weighted by Gasteiger charge is -2.34. The van der Waals surface area contributed by atoms with Crippen LogP contribution in [0.2, 0.25) is 0 Å². The van der Waals surface area contributed by atoms with E-state index in [0.29, 0.717) is 5.41 Å². The summed E-state index contributed by atoms with van der Waals surface area (Å²) in [5, 5.41) is 6.95. The summed E-state index contributed by atoms with van der Waals surface area (Å²) >= 11 is 0. The second-order valence-electron chi connectivity index (χ2n) is 8.45. The number of methoxy groups -OCH3 is 1. The van der Waals surface area contributed by atoms with E-state index in [0.717, 1.165) is 77.3 Å². The van der Waals surface area contributed by atoms with E-state index in [9.17, 15) is 0 Å². The quantitative estimate of drug-likeness (QED) is 0.444. The third kappa shape index (κ3) is 6.80. The number of guanidine groups is 1. The number of nitrogens with zero attached hydrogens (tertiary/aromatic N) is 5. The van der Waals surface area contributed by atoms with Crippen molar-refractivity contribution in [2.24, 2.45) is 10.4 Å². The molecule has 2 heterocycles. The zero-order valence-corrected chi connectivity index (χ0v) is 18.8. The Labute approximate surface area is 181 Å². The maximum atomic E-state index is 5.35. The van der Waals surface area contributed by atoms with Crippen molar-refractivity contribution < 1.29 is 4.74 Å². The lowest BCUT2D eigenvalue weighted by atomic mass is 9.83. The molecule has 30 heavy (non-hydrogen) atoms. The Bertz CT molecular complexity index is 626. The van der Waals surface area contributed by atoms with Crippen molar-refractivity contribution in [2.75, 3.05) is 71.0 Å². The van der Waals surface area contributed by atoms with E-state index >= 15 is 0 Å². The minimum absolute atomic E-state index is 0.328. The SMILES string of the molecule is CCNC(=NCC1(CCOC)CCCC1)NCCN1CCN(c2ncccn2)CC1. The van der Waals surface area contributed by atoms with Crippen molar-refractivity contribution in [1.82, 2.24) is 25.5 Å². The van der Waals surface area contributed by atoms with E-state index in [1.807, 2.05) is 18.5 Å². The maximum absolute atomic E-state index is 5.35. The second kappa shape index (κ2) is 12.1. The van der Waals surface area contributed by atoms with Gasteiger partial charge in [0, 0.05) is 78.5 Å². The highest BCUT2D eigenvalue weighted by atomic mass is 16.5. The Morgan fingerprint density at radius 2 is 1.87 bits per heavy atom. The van der Waals surface area contributed by atoms with Crippen LogP contribution in [0, 0.1) is 5.41 Å². The summed E-state index contributed by atoms with van der Waals surface area (Å²) in [6.45, 7) is 10.7. The smallest absolute Gasteiger partial charge is 0.225 e. The zero-order valence-electron chi connectivity index (χ0n) is 18.8. The van der Waals surface area contributed by atoms with E-state index in [-0.39, 0.29) is 0 Å². The molecule has 8 heteroatoms. The highest BCUT2D eigenvalue weighted by Gasteiger charge is 2.33. The molecular formula is C22H39N7O. The van der Waals surface area contributed by atoms with Crippen LogP contribution in [0.5, 0.6) is 0 Å². The van der Waals surface area contributed by atoms with Crippen LogP contribution in [0.1, 0.15) is 39.0 Å². The molecule has 0 aromatic carbocycles. The molecular weight excluding hydrogens is 378 g/mol. The van der Waals surface area contributed by atoms with Crippen molar-refractivity contribution in [3.8, 4) is 0 Å². The first-order valence-electron chi connectivity index (χ1n) is 11.5. The lowest BCUT2D eigenvalue weighted by molar-refractivity contribution is 0.141. The van der Waals surface area contributed by atoms with Crippen LogP contribution in [0.25, 0.3) is 0 Å². The van der Waals surface area contributed by atoms with Gasteiger partial charge in [-0.15, -0.1) is 0 Å². The molecule has 3 rings (SSSR count). The molecule has 2 fully saturated rings. The molecule has 8 nitrogen and oxygen atoms in total. The van der Waals surface area contributed by atoms with Gasteiger partial charge in [0.15, 0.2) is 5.96 Å². The van der Waals surface area contributed by atoms with Gasteiger partial charge in [0.1, 0.15) is 0 Å². The van der Waals surface area contributed by atoms with Crippen molar-refractivity contribution in [2.45, 2.75) is 39.0 Å². The number of nitrogens with one attached hydrogen (secondary N) is 2. The predicted octanol–water partition coefficient (Wildman–Crippen LogP) is 1.75. The molecule has 1 aliphatic carbocycles. The van der Waals surface area contributed by atoms with Gasteiger partial charge >= 0.3 is 0 Å². The highest BCUT2D eigenvalue weighted by molar-refractivity contribution is 5.79. The van der Waals surface area contributed by atoms with Gasteiger partial charge in [-0.25, -0.2) is 9.97 Å². The topological polar surface area (TPSA) is 77.9 Å². The third-order valence-corrected chi connectivity index (χ3v) is 6.35. The molecule has 0 spiro atoms. The van der Waals surface area contributed by atoms with Gasteiger partial charge in [0.05, 0.1) is 0 Å². The number of piperazine rings is 1. The Morgan fingerprint density at radius 1 is 1.13 bits per heavy atom. The van der Waals surface area contributed by atoms with Gasteiger partial charge < -0.3 is 20.3 Å². The molecule has 0 amide bonds. The van der Waals surface area contributed by atoms with Gasteiger partial charge in [-0.3, -0.25) is 9.89 Å². The normalized spacial score (nSPS) is 19.8. The Hall–Kier alpha value is -1.93. The number of anilines is 1. The minimum Gasteiger partial charge on any atom is -0.385 e. The number of ether oxygens (including phenoxy) is 1. The fourth-order valence-corrected chi connectivity index (χ4v) is 4.48. The summed E-state index contributed by atoms with van der Waals surface area (Å²) in [5.74, 6) is 1.78. The zero-order chi connectivity index (χ0) is 21.1. The second-order valence-corrected chi connectivity index (χ2v) is 8.45. The molecule has 0 unspecified atom stereocenters. The van der Waals surface area contributed by atoms with E-state index in [4.69, 9.17) is 9.73 Å². The summed E-state index contributed by atoms with van der Waals surface area (Å²) in [5.41, 5.74) is 0.328. The van der Waals surface area contributed by atoms with Crippen LogP contribution in [0.15, 0.2) is 23.5 Å². The van der Waals surface area contributed by atoms with E-state index in [2.05, 4.69) is 37.3 Å². The van der Waals surface area contributed by atoms with Crippen molar-refractivity contribution >= 4 is 11.9 Å². The van der Waals surface area contributed by atoms with Crippen LogP contribution in [0.4, 0.5) is 5.95 Å². The first-order chi connectivity index (χ1) is 14.7. The van der Waals surface area contributed by atoms with Gasteiger partial charge in [0.25, 0.3) is 0 Å². The fraction of sp³-hybridized carbons (Fsp3) is 0.773. The summed E-state index contributed by atoms with van der Waals surface area (Å²) < 4.78 is 5.35. The highest BCUT2D eigenvalue weighted by Crippen LogP contribution is 2.41. The van der Waals surface area contributed by atoms with Crippen molar-refractivity contribution in [3.63, 3.8) is 0 Å². The van der Waals surface area contributed by atoms with Crippen LogP contribution < -0.4 is 15.5 Å². The van der Waals surface area contributed by atoms with Gasteiger partial charge in [-0.05, 0) is 37.7 Å². The molecule has 1 saturated heterocycles. The standard InChI is InChI=1S/C22H39N7O/c1-3-23-20(27-19-22(9-18-30-2)7-4-5-8-22)24-12-13-28-14-16-29(17-15-28)21-25-10-6-11-26-21/h6,10-11H,3-5,7-9,12-19H2,1-2H3,(H2,23,24,27). The fourth-order valence-electron chi connectivity index (χ4n) is 4.48. The largest absolute Gasteiger partial charge is 0.385 e. The predicted molar refractivity (Wildman–Crippen MR) is 122 cm³/mol. The Kier molecular flexibility index (Phi) is 9.14. The van der Waals surface area contributed by atoms with Crippen LogP contribution in [0.3, 0.4) is 0 Å². The molecule has 0 bridgehead atoms. The summed E-state index contributed by atoms with van der Waals surface area (Å²) in [4.78, 5) is 18.4. The number of hydrogen-bond donors (Lipinski definition) is 2. The van der Waals surface area contributed by atoms with E-state index < -0.39 is 0 Å². The van der Waals surface area contributed by atoms with E-state index in [1.54, 1.807) is 7.11 Å². The first kappa shape index (κ1) is 22.7. The van der Waals surface area contributed by atoms with Crippen molar-refractivity contribution in [1.29, 1.82) is 0 Å². The first-order valence-corrected chi connectivity index (χ1v) is 11.5. The summed E-state index contributed by atoms with van der Waals surface area (Å²) in [6, 6.07) is 1.86. The van der Waals surface area contributed by atoms with Crippen LogP contribution in [-0.4, -0.2) is 86.9 Å². The van der Waals surface area contributed by atoms with Gasteiger partial charge in [0.2, 0.25) is 5.95 Å². The third-order valence-electron chi connectivity index (χ3n) is 6.35. The number of aromatic nitrogens is 2. The Balaban J connectivity index is 1.42. The molecule has 1 aromatic rings. The molecule has 168 valence electrons. The molecule has 0 radical (unpaired) electrons. The maximum Gasteiger partial charge on any atom is 0.225 e.